The summed E-state index contributed by atoms with van der Waals surface area (Å²) in [7, 11) is 0. The maximum absolute atomic E-state index is 5.90. The molecular weight excluding hydrogens is 224 g/mol. The Kier molecular flexibility index (Phi) is 4.69. The van der Waals surface area contributed by atoms with Crippen molar-refractivity contribution in [1.29, 1.82) is 0 Å². The minimum Gasteiger partial charge on any atom is -0.329 e. The van der Waals surface area contributed by atoms with Gasteiger partial charge < -0.3 is 5.73 Å². The molecule has 0 aromatic carbocycles. The van der Waals surface area contributed by atoms with Gasteiger partial charge in [-0.3, -0.25) is 4.98 Å². The van der Waals surface area contributed by atoms with E-state index in [1.807, 2.05) is 12.3 Å². The van der Waals surface area contributed by atoms with Crippen LogP contribution in [0, 0.1) is 0 Å². The van der Waals surface area contributed by atoms with Crippen molar-refractivity contribution in [2.24, 2.45) is 5.73 Å². The molecule has 1 saturated heterocycles. The van der Waals surface area contributed by atoms with Crippen molar-refractivity contribution in [3.63, 3.8) is 0 Å². The molecule has 0 saturated carbocycles. The highest BCUT2D eigenvalue weighted by molar-refractivity contribution is 5.14. The molecule has 0 bridgehead atoms. The van der Waals surface area contributed by atoms with Crippen molar-refractivity contribution < 1.29 is 0 Å². The zero-order valence-electron chi connectivity index (χ0n) is 11.3. The second-order valence-corrected chi connectivity index (χ2v) is 5.24. The first-order chi connectivity index (χ1) is 8.72. The van der Waals surface area contributed by atoms with Crippen LogP contribution < -0.4 is 11.2 Å². The quantitative estimate of drug-likeness (QED) is 0.854. The largest absolute Gasteiger partial charge is 0.329 e. The fourth-order valence-electron chi connectivity index (χ4n) is 2.70. The Morgan fingerprint density at radius 2 is 2.17 bits per heavy atom. The van der Waals surface area contributed by atoms with E-state index in [0.717, 1.165) is 5.56 Å². The van der Waals surface area contributed by atoms with Gasteiger partial charge in [-0.2, -0.15) is 0 Å². The minimum atomic E-state index is 0.154. The predicted octanol–water partition coefficient (Wildman–Crippen LogP) is 1.85. The fourth-order valence-corrected chi connectivity index (χ4v) is 2.70. The molecule has 2 heterocycles. The van der Waals surface area contributed by atoms with Crippen LogP contribution in [0.5, 0.6) is 0 Å². The Labute approximate surface area is 110 Å². The van der Waals surface area contributed by atoms with Gasteiger partial charge in [0.15, 0.2) is 0 Å². The van der Waals surface area contributed by atoms with Crippen LogP contribution in [0.15, 0.2) is 24.5 Å². The molecule has 18 heavy (non-hydrogen) atoms. The first-order valence-electron chi connectivity index (χ1n) is 6.87. The third-order valence-electron chi connectivity index (χ3n) is 3.82. The van der Waals surface area contributed by atoms with Crippen LogP contribution in [-0.4, -0.2) is 28.6 Å². The van der Waals surface area contributed by atoms with Crippen molar-refractivity contribution in [3.8, 4) is 0 Å². The van der Waals surface area contributed by atoms with E-state index in [1.54, 1.807) is 6.20 Å². The number of hydrazine groups is 1. The molecule has 0 aliphatic carbocycles. The van der Waals surface area contributed by atoms with Gasteiger partial charge in [-0.15, -0.1) is 0 Å². The number of piperidine rings is 1. The lowest BCUT2D eigenvalue weighted by molar-refractivity contribution is 0.0304. The zero-order chi connectivity index (χ0) is 13.0. The third kappa shape index (κ3) is 3.07. The van der Waals surface area contributed by atoms with Crippen molar-refractivity contribution in [1.82, 2.24) is 15.4 Å². The summed E-state index contributed by atoms with van der Waals surface area (Å²) in [6, 6.07) is 5.33. The van der Waals surface area contributed by atoms with Gasteiger partial charge in [0.2, 0.25) is 0 Å². The Hall–Kier alpha value is -0.970. The molecule has 1 aromatic heterocycles. The Bertz CT molecular complexity index is 344. The van der Waals surface area contributed by atoms with E-state index in [1.165, 1.54) is 19.3 Å². The lowest BCUT2D eigenvalue weighted by Crippen LogP contribution is -2.54. The summed E-state index contributed by atoms with van der Waals surface area (Å²) in [4.78, 5) is 4.17. The second kappa shape index (κ2) is 6.27. The van der Waals surface area contributed by atoms with Crippen LogP contribution in [-0.2, 0) is 0 Å². The SMILES string of the molecule is CC1CCCC(C)N1NC(CN)c1cccnc1. The van der Waals surface area contributed by atoms with Crippen LogP contribution in [0.25, 0.3) is 0 Å². The molecule has 3 unspecified atom stereocenters. The molecule has 1 aromatic rings. The summed E-state index contributed by atoms with van der Waals surface area (Å²) in [6.07, 6.45) is 7.51. The van der Waals surface area contributed by atoms with Crippen molar-refractivity contribution >= 4 is 0 Å². The molecule has 0 radical (unpaired) electrons. The van der Waals surface area contributed by atoms with Gasteiger partial charge in [0, 0.05) is 31.0 Å². The molecule has 3 atom stereocenters. The highest BCUT2D eigenvalue weighted by atomic mass is 15.5. The molecule has 2 rings (SSSR count). The molecule has 1 aliphatic heterocycles. The van der Waals surface area contributed by atoms with Gasteiger partial charge in [0.05, 0.1) is 6.04 Å². The normalized spacial score (nSPS) is 27.1. The van der Waals surface area contributed by atoms with Gasteiger partial charge in [-0.1, -0.05) is 12.5 Å². The van der Waals surface area contributed by atoms with E-state index in [2.05, 4.69) is 35.3 Å². The molecule has 1 aliphatic rings. The maximum atomic E-state index is 5.90. The van der Waals surface area contributed by atoms with Crippen molar-refractivity contribution in [2.45, 2.75) is 51.2 Å². The number of nitrogens with one attached hydrogen (secondary N) is 1. The molecule has 0 spiro atoms. The van der Waals surface area contributed by atoms with Crippen LogP contribution in [0.1, 0.15) is 44.7 Å². The Morgan fingerprint density at radius 3 is 2.72 bits per heavy atom. The molecule has 4 heteroatoms. The summed E-state index contributed by atoms with van der Waals surface area (Å²) in [5.74, 6) is 0. The van der Waals surface area contributed by atoms with Gasteiger partial charge in [-0.05, 0) is 38.3 Å². The molecule has 4 nitrogen and oxygen atoms in total. The van der Waals surface area contributed by atoms with Crippen LogP contribution in [0.4, 0.5) is 0 Å². The van der Waals surface area contributed by atoms with Crippen molar-refractivity contribution in [2.75, 3.05) is 6.54 Å². The first-order valence-corrected chi connectivity index (χ1v) is 6.87. The smallest absolute Gasteiger partial charge is 0.0602 e. The van der Waals surface area contributed by atoms with E-state index in [0.29, 0.717) is 18.6 Å². The molecule has 100 valence electrons. The number of nitrogens with zero attached hydrogens (tertiary/aromatic N) is 2. The summed E-state index contributed by atoms with van der Waals surface area (Å²) >= 11 is 0. The monoisotopic (exact) mass is 248 g/mol. The maximum Gasteiger partial charge on any atom is 0.0602 e. The topological polar surface area (TPSA) is 54.2 Å². The fraction of sp³-hybridized carbons (Fsp3) is 0.643. The van der Waals surface area contributed by atoms with E-state index in [-0.39, 0.29) is 6.04 Å². The van der Waals surface area contributed by atoms with Crippen LogP contribution in [0.2, 0.25) is 0 Å². The molecule has 1 fully saturated rings. The Morgan fingerprint density at radius 1 is 1.44 bits per heavy atom. The third-order valence-corrected chi connectivity index (χ3v) is 3.82. The van der Waals surface area contributed by atoms with Crippen LogP contribution in [0.3, 0.4) is 0 Å². The number of pyridine rings is 1. The van der Waals surface area contributed by atoms with Gasteiger partial charge >= 0.3 is 0 Å². The number of hydrogen-bond donors (Lipinski definition) is 2. The highest BCUT2D eigenvalue weighted by Crippen LogP contribution is 2.22. The van der Waals surface area contributed by atoms with Crippen molar-refractivity contribution in [3.05, 3.63) is 30.1 Å². The number of aromatic nitrogens is 1. The number of hydrogen-bond acceptors (Lipinski definition) is 4. The summed E-state index contributed by atoms with van der Waals surface area (Å²) in [5.41, 5.74) is 10.6. The van der Waals surface area contributed by atoms with Gasteiger partial charge in [0.25, 0.3) is 0 Å². The molecular formula is C14H24N4. The van der Waals surface area contributed by atoms with Gasteiger partial charge in [0.1, 0.15) is 0 Å². The average Bonchev–Trinajstić information content (AvgIpc) is 2.40. The lowest BCUT2D eigenvalue weighted by atomic mass is 9.99. The predicted molar refractivity (Wildman–Crippen MR) is 73.8 cm³/mol. The first kappa shape index (κ1) is 13.5. The van der Waals surface area contributed by atoms with Crippen LogP contribution >= 0.6 is 0 Å². The van der Waals surface area contributed by atoms with E-state index >= 15 is 0 Å². The molecule has 3 N–H and O–H groups in total. The van der Waals surface area contributed by atoms with E-state index in [4.69, 9.17) is 5.73 Å². The van der Waals surface area contributed by atoms with Gasteiger partial charge in [-0.25, -0.2) is 10.4 Å². The summed E-state index contributed by atoms with van der Waals surface area (Å²) in [6.45, 7) is 5.14. The number of rotatable bonds is 4. The lowest BCUT2D eigenvalue weighted by Gasteiger charge is -2.41. The molecule has 0 amide bonds. The standard InChI is InChI=1S/C14H24N4/c1-11-5-3-6-12(2)18(11)17-14(9-15)13-7-4-8-16-10-13/h4,7-8,10-12,14,17H,3,5-6,9,15H2,1-2H3. The summed E-state index contributed by atoms with van der Waals surface area (Å²) < 4.78 is 0. The van der Waals surface area contributed by atoms with E-state index in [9.17, 15) is 0 Å². The zero-order valence-corrected chi connectivity index (χ0v) is 11.3. The minimum absolute atomic E-state index is 0.154. The van der Waals surface area contributed by atoms with E-state index < -0.39 is 0 Å². The highest BCUT2D eigenvalue weighted by Gasteiger charge is 2.26. The second-order valence-electron chi connectivity index (χ2n) is 5.24. The Balaban J connectivity index is 2.05. The number of nitrogens with two attached hydrogens (primary N) is 1. The summed E-state index contributed by atoms with van der Waals surface area (Å²) in [5, 5.41) is 2.37. The average molecular weight is 248 g/mol.